The smallest absolute Gasteiger partial charge is 0.329 e. The summed E-state index contributed by atoms with van der Waals surface area (Å²) in [5.74, 6) is -0.954. The minimum absolute atomic E-state index is 0.192. The van der Waals surface area contributed by atoms with Crippen LogP contribution < -0.4 is 10.2 Å². The van der Waals surface area contributed by atoms with Crippen LogP contribution in [0.4, 0.5) is 5.69 Å². The van der Waals surface area contributed by atoms with Crippen molar-refractivity contribution in [2.24, 2.45) is 0 Å². The summed E-state index contributed by atoms with van der Waals surface area (Å²) in [6.45, 7) is 8.88. The Bertz CT molecular complexity index is 708. The highest BCUT2D eigenvalue weighted by Crippen LogP contribution is 2.32. The number of ether oxygens (including phenoxy) is 1. The number of anilines is 1. The van der Waals surface area contributed by atoms with Crippen molar-refractivity contribution in [3.8, 4) is 0 Å². The van der Waals surface area contributed by atoms with E-state index < -0.39 is 23.7 Å². The monoisotopic (exact) mass is 374 g/mol. The van der Waals surface area contributed by atoms with Crippen LogP contribution in [0.3, 0.4) is 0 Å². The molecule has 0 saturated carbocycles. The fraction of sp³-hybridized carbons (Fsp3) is 0.571. The third-order valence-corrected chi connectivity index (χ3v) is 4.47. The number of para-hydroxylation sites is 1. The second-order valence-corrected chi connectivity index (χ2v) is 7.97. The predicted molar refractivity (Wildman–Crippen MR) is 104 cm³/mol. The van der Waals surface area contributed by atoms with Crippen LogP contribution in [0.15, 0.2) is 24.3 Å². The Kier molecular flexibility index (Phi) is 6.63. The molecule has 1 heterocycles. The summed E-state index contributed by atoms with van der Waals surface area (Å²) in [5, 5.41) is 2.83. The fourth-order valence-electron chi connectivity index (χ4n) is 3.28. The normalized spacial score (nSPS) is 17.2. The lowest BCUT2D eigenvalue weighted by molar-refractivity contribution is -0.159. The predicted octanol–water partition coefficient (Wildman–Crippen LogP) is 2.98. The number of esters is 1. The number of hydrogen-bond acceptors (Lipinski definition) is 4. The number of carbonyl (C=O) groups is 3. The molecule has 2 rings (SSSR count). The Morgan fingerprint density at radius 1 is 1.26 bits per heavy atom. The van der Waals surface area contributed by atoms with E-state index in [9.17, 15) is 14.4 Å². The van der Waals surface area contributed by atoms with Gasteiger partial charge in [-0.05, 0) is 38.8 Å². The maximum atomic E-state index is 13.0. The van der Waals surface area contributed by atoms with Gasteiger partial charge in [0.2, 0.25) is 11.8 Å². The molecule has 1 unspecified atom stereocenters. The summed E-state index contributed by atoms with van der Waals surface area (Å²) in [6.07, 6.45) is 2.66. The van der Waals surface area contributed by atoms with Gasteiger partial charge in [-0.15, -0.1) is 0 Å². The van der Waals surface area contributed by atoms with Crippen molar-refractivity contribution in [2.45, 2.75) is 78.0 Å². The molecule has 0 aliphatic carbocycles. The molecule has 6 heteroatoms. The molecule has 148 valence electrons. The molecule has 2 atom stereocenters. The third kappa shape index (κ3) is 5.31. The topological polar surface area (TPSA) is 75.7 Å². The molecule has 0 aromatic heterocycles. The zero-order valence-corrected chi connectivity index (χ0v) is 16.9. The van der Waals surface area contributed by atoms with E-state index >= 15 is 0 Å². The molecule has 1 aliphatic heterocycles. The van der Waals surface area contributed by atoms with E-state index in [1.165, 1.54) is 11.8 Å². The minimum atomic E-state index is -0.714. The second kappa shape index (κ2) is 8.55. The van der Waals surface area contributed by atoms with Crippen molar-refractivity contribution >= 4 is 23.5 Å². The van der Waals surface area contributed by atoms with Crippen LogP contribution in [-0.4, -0.2) is 35.5 Å². The highest BCUT2D eigenvalue weighted by Gasteiger charge is 2.38. The molecule has 6 nitrogen and oxygen atoms in total. The lowest BCUT2D eigenvalue weighted by Crippen LogP contribution is -2.52. The molecule has 0 spiro atoms. The molecular weight excluding hydrogens is 344 g/mol. The van der Waals surface area contributed by atoms with Crippen LogP contribution in [0.5, 0.6) is 0 Å². The van der Waals surface area contributed by atoms with E-state index in [4.69, 9.17) is 4.74 Å². The number of amides is 2. The van der Waals surface area contributed by atoms with Gasteiger partial charge in [0.25, 0.3) is 0 Å². The van der Waals surface area contributed by atoms with E-state index in [0.717, 1.165) is 24.1 Å². The quantitative estimate of drug-likeness (QED) is 0.777. The molecule has 1 aromatic carbocycles. The van der Waals surface area contributed by atoms with Crippen molar-refractivity contribution in [1.82, 2.24) is 5.32 Å². The summed E-state index contributed by atoms with van der Waals surface area (Å²) in [5.41, 5.74) is 1.09. The van der Waals surface area contributed by atoms with Crippen LogP contribution in [-0.2, 0) is 25.5 Å². The molecule has 0 fully saturated rings. The van der Waals surface area contributed by atoms with Crippen LogP contribution >= 0.6 is 0 Å². The Morgan fingerprint density at radius 3 is 2.52 bits per heavy atom. The fourth-order valence-corrected chi connectivity index (χ4v) is 3.28. The van der Waals surface area contributed by atoms with Crippen molar-refractivity contribution in [3.05, 3.63) is 29.8 Å². The number of nitrogens with zero attached hydrogens (tertiary/aromatic N) is 1. The number of hydrogen-bond donors (Lipinski definition) is 1. The summed E-state index contributed by atoms with van der Waals surface area (Å²) < 4.78 is 5.46. The Hall–Kier alpha value is -2.37. The first-order valence-corrected chi connectivity index (χ1v) is 9.55. The maximum absolute atomic E-state index is 13.0. The van der Waals surface area contributed by atoms with Gasteiger partial charge in [0.1, 0.15) is 17.7 Å². The molecule has 0 saturated heterocycles. The summed E-state index contributed by atoms with van der Waals surface area (Å²) >= 11 is 0. The summed E-state index contributed by atoms with van der Waals surface area (Å²) in [6, 6.07) is 6.13. The van der Waals surface area contributed by atoms with Crippen LogP contribution in [0.2, 0.25) is 0 Å². The van der Waals surface area contributed by atoms with Gasteiger partial charge < -0.3 is 10.1 Å². The average molecular weight is 374 g/mol. The molecule has 2 amide bonds. The number of rotatable bonds is 6. The van der Waals surface area contributed by atoms with Crippen LogP contribution in [0, 0.1) is 0 Å². The first-order chi connectivity index (χ1) is 12.6. The van der Waals surface area contributed by atoms with Gasteiger partial charge in [0.15, 0.2) is 0 Å². The Balaban J connectivity index is 2.16. The Morgan fingerprint density at radius 2 is 1.93 bits per heavy atom. The highest BCUT2D eigenvalue weighted by molar-refractivity contribution is 6.03. The number of unbranched alkanes of at least 4 members (excludes halogenated alkanes) is 1. The van der Waals surface area contributed by atoms with Gasteiger partial charge in [0.05, 0.1) is 0 Å². The van der Waals surface area contributed by atoms with E-state index in [2.05, 4.69) is 5.32 Å². The lowest BCUT2D eigenvalue weighted by atomic mass is 10.1. The van der Waals surface area contributed by atoms with Crippen LogP contribution in [0.1, 0.15) is 59.4 Å². The number of nitrogens with one attached hydrogen (secondary N) is 1. The second-order valence-electron chi connectivity index (χ2n) is 7.97. The molecular formula is C21H30N2O4. The van der Waals surface area contributed by atoms with Crippen molar-refractivity contribution in [2.75, 3.05) is 4.90 Å². The van der Waals surface area contributed by atoms with Gasteiger partial charge in [-0.3, -0.25) is 14.5 Å². The van der Waals surface area contributed by atoms with E-state index in [1.54, 1.807) is 20.8 Å². The highest BCUT2D eigenvalue weighted by atomic mass is 16.6. The minimum Gasteiger partial charge on any atom is -0.458 e. The maximum Gasteiger partial charge on any atom is 0.329 e. The number of carbonyl (C=O) groups excluding carboxylic acids is 3. The van der Waals surface area contributed by atoms with Crippen molar-refractivity contribution < 1.29 is 19.1 Å². The first kappa shape index (κ1) is 20.9. The van der Waals surface area contributed by atoms with Crippen LogP contribution in [0.25, 0.3) is 0 Å². The van der Waals surface area contributed by atoms with Gasteiger partial charge in [-0.25, -0.2) is 4.79 Å². The van der Waals surface area contributed by atoms with Gasteiger partial charge in [-0.1, -0.05) is 38.0 Å². The molecule has 0 radical (unpaired) electrons. The van der Waals surface area contributed by atoms with Crippen molar-refractivity contribution in [3.63, 3.8) is 0 Å². The molecule has 1 aromatic rings. The average Bonchev–Trinajstić information content (AvgIpc) is 2.96. The largest absolute Gasteiger partial charge is 0.458 e. The summed E-state index contributed by atoms with van der Waals surface area (Å²) in [7, 11) is 0. The third-order valence-electron chi connectivity index (χ3n) is 4.47. The Labute approximate surface area is 161 Å². The van der Waals surface area contributed by atoms with E-state index in [1.807, 2.05) is 31.2 Å². The SMILES string of the molecule is CCCCC(NC(=O)[C@@H]1Cc2ccccc2N1C(C)=O)C(=O)OC(C)(C)C. The van der Waals surface area contributed by atoms with Gasteiger partial charge in [-0.2, -0.15) is 0 Å². The molecule has 0 bridgehead atoms. The first-order valence-electron chi connectivity index (χ1n) is 9.55. The van der Waals surface area contributed by atoms with Crippen molar-refractivity contribution in [1.29, 1.82) is 0 Å². The number of fused-ring (bicyclic) bond motifs is 1. The standard InChI is InChI=1S/C21H30N2O4/c1-6-7-11-16(20(26)27-21(3,4)5)22-19(25)18-13-15-10-8-9-12-17(15)23(18)14(2)24/h8-10,12,16,18H,6-7,11,13H2,1-5H3,(H,22,25)/t16?,18-/m0/s1. The zero-order valence-electron chi connectivity index (χ0n) is 16.9. The van der Waals surface area contributed by atoms with Gasteiger partial charge in [0, 0.05) is 19.0 Å². The van der Waals surface area contributed by atoms with Gasteiger partial charge >= 0.3 is 5.97 Å². The zero-order chi connectivity index (χ0) is 20.2. The van der Waals surface area contributed by atoms with E-state index in [-0.39, 0.29) is 11.8 Å². The summed E-state index contributed by atoms with van der Waals surface area (Å²) in [4.78, 5) is 39.2. The molecule has 27 heavy (non-hydrogen) atoms. The molecule has 1 aliphatic rings. The lowest BCUT2D eigenvalue weighted by Gasteiger charge is -2.27. The molecule has 1 N–H and O–H groups in total. The number of benzene rings is 1. The van der Waals surface area contributed by atoms with E-state index in [0.29, 0.717) is 12.8 Å².